The molecule has 1 aliphatic carbocycles. The third-order valence-electron chi connectivity index (χ3n) is 4.76. The monoisotopic (exact) mass is 342 g/mol. The van der Waals surface area contributed by atoms with Crippen molar-refractivity contribution in [3.8, 4) is 0 Å². The van der Waals surface area contributed by atoms with Gasteiger partial charge in [-0.3, -0.25) is 9.69 Å². The van der Waals surface area contributed by atoms with Gasteiger partial charge in [-0.2, -0.15) is 13.2 Å². The van der Waals surface area contributed by atoms with Gasteiger partial charge in [-0.1, -0.05) is 6.42 Å². The number of carbonyl (C=O) groups excluding carboxylic acids is 2. The molecule has 8 heteroatoms. The van der Waals surface area contributed by atoms with Crippen LogP contribution in [-0.2, 0) is 20.5 Å². The number of esters is 1. The predicted molar refractivity (Wildman–Crippen MR) is 78.1 cm³/mol. The van der Waals surface area contributed by atoms with E-state index in [2.05, 4.69) is 4.98 Å². The number of methoxy groups -OCH3 is 1. The summed E-state index contributed by atoms with van der Waals surface area (Å²) in [5, 5.41) is 0. The molecule has 1 aromatic heterocycles. The highest BCUT2D eigenvalue weighted by atomic mass is 19.4. The van der Waals surface area contributed by atoms with Crippen molar-refractivity contribution in [3.63, 3.8) is 0 Å². The molecule has 1 aliphatic heterocycles. The van der Waals surface area contributed by atoms with E-state index in [0.29, 0.717) is 12.8 Å². The van der Waals surface area contributed by atoms with Crippen LogP contribution in [0, 0.1) is 18.8 Å². The van der Waals surface area contributed by atoms with Gasteiger partial charge in [0, 0.05) is 17.5 Å². The average Bonchev–Trinajstić information content (AvgIpc) is 3.07. The first-order valence-electron chi connectivity index (χ1n) is 7.71. The lowest BCUT2D eigenvalue weighted by Gasteiger charge is -2.25. The number of fused-ring (bicyclic) bond motifs is 1. The average molecular weight is 342 g/mol. The van der Waals surface area contributed by atoms with Crippen molar-refractivity contribution >= 4 is 17.7 Å². The Hall–Kier alpha value is -2.12. The first-order valence-corrected chi connectivity index (χ1v) is 7.71. The van der Waals surface area contributed by atoms with Crippen LogP contribution in [0.4, 0.5) is 19.0 Å². The number of hydrogen-bond acceptors (Lipinski definition) is 4. The van der Waals surface area contributed by atoms with E-state index < -0.39 is 23.8 Å². The van der Waals surface area contributed by atoms with E-state index in [9.17, 15) is 22.8 Å². The molecule has 24 heavy (non-hydrogen) atoms. The van der Waals surface area contributed by atoms with Crippen LogP contribution in [0.15, 0.2) is 12.1 Å². The second kappa shape index (κ2) is 5.75. The first-order chi connectivity index (χ1) is 11.2. The highest BCUT2D eigenvalue weighted by Gasteiger charge is 2.54. The molecule has 1 saturated carbocycles. The summed E-state index contributed by atoms with van der Waals surface area (Å²) in [5.41, 5.74) is -0.758. The Morgan fingerprint density at radius 3 is 2.67 bits per heavy atom. The van der Waals surface area contributed by atoms with Crippen molar-refractivity contribution in [2.45, 2.75) is 38.4 Å². The lowest BCUT2D eigenvalue weighted by atomic mass is 9.94. The molecule has 3 atom stereocenters. The molecule has 2 fully saturated rings. The van der Waals surface area contributed by atoms with Gasteiger partial charge in [0.2, 0.25) is 5.91 Å². The van der Waals surface area contributed by atoms with Gasteiger partial charge in [-0.05, 0) is 31.9 Å². The number of nitrogens with zero attached hydrogens (tertiary/aromatic N) is 2. The van der Waals surface area contributed by atoms with Crippen LogP contribution in [0.2, 0.25) is 0 Å². The number of ether oxygens (including phenoxy) is 1. The van der Waals surface area contributed by atoms with Crippen LogP contribution in [0.5, 0.6) is 0 Å². The summed E-state index contributed by atoms with van der Waals surface area (Å²) in [6.45, 7) is 1.42. The van der Waals surface area contributed by atoms with Crippen molar-refractivity contribution in [2.24, 2.45) is 11.8 Å². The molecule has 0 radical (unpaired) electrons. The summed E-state index contributed by atoms with van der Waals surface area (Å²) >= 11 is 0. The second-order valence-corrected chi connectivity index (χ2v) is 6.23. The number of amides is 1. The van der Waals surface area contributed by atoms with Crippen molar-refractivity contribution in [1.82, 2.24) is 4.98 Å². The number of alkyl halides is 3. The number of rotatable bonds is 2. The Morgan fingerprint density at radius 1 is 1.33 bits per heavy atom. The van der Waals surface area contributed by atoms with Gasteiger partial charge >= 0.3 is 12.1 Å². The van der Waals surface area contributed by atoms with Crippen LogP contribution in [0.25, 0.3) is 0 Å². The van der Waals surface area contributed by atoms with Gasteiger partial charge in [-0.15, -0.1) is 0 Å². The lowest BCUT2D eigenvalue weighted by Crippen LogP contribution is -2.43. The number of carbonyl (C=O) groups is 2. The normalized spacial score (nSPS) is 26.6. The first kappa shape index (κ1) is 16.7. The second-order valence-electron chi connectivity index (χ2n) is 6.23. The summed E-state index contributed by atoms with van der Waals surface area (Å²) in [6.07, 6.45) is -2.44. The molecule has 130 valence electrons. The van der Waals surface area contributed by atoms with Crippen LogP contribution in [0.3, 0.4) is 0 Å². The van der Waals surface area contributed by atoms with Gasteiger partial charge in [0.05, 0.1) is 12.7 Å². The number of aryl methyl sites for hydroxylation is 1. The number of pyridine rings is 1. The molecule has 2 aliphatic rings. The van der Waals surface area contributed by atoms with Crippen LogP contribution in [-0.4, -0.2) is 30.0 Å². The van der Waals surface area contributed by atoms with Crippen molar-refractivity contribution < 1.29 is 27.5 Å². The summed E-state index contributed by atoms with van der Waals surface area (Å²) in [6, 6.07) is 0.824. The molecular weight excluding hydrogens is 325 g/mol. The minimum Gasteiger partial charge on any atom is -0.467 e. The van der Waals surface area contributed by atoms with Crippen molar-refractivity contribution in [2.75, 3.05) is 12.0 Å². The van der Waals surface area contributed by atoms with Gasteiger partial charge < -0.3 is 4.74 Å². The van der Waals surface area contributed by atoms with E-state index >= 15 is 0 Å². The van der Waals surface area contributed by atoms with E-state index in [-0.39, 0.29) is 29.3 Å². The molecule has 2 heterocycles. The standard InChI is InChI=1S/C16H17F3N2O3/c1-8-6-9(16(17,18)19)7-12(20-8)21-13(15(23)24-2)10-4-3-5-11(10)14(21)22/h6-7,10-11,13H,3-5H2,1-2H3. The SMILES string of the molecule is COC(=O)C1C2CCCC2C(=O)N1c1cc(C(F)(F)F)cc(C)n1. The fourth-order valence-corrected chi connectivity index (χ4v) is 3.77. The highest BCUT2D eigenvalue weighted by molar-refractivity contribution is 6.04. The van der Waals surface area contributed by atoms with Crippen LogP contribution in [0.1, 0.15) is 30.5 Å². The molecule has 1 aromatic rings. The Bertz CT molecular complexity index is 690. The fraction of sp³-hybridized carbons (Fsp3) is 0.562. The van der Waals surface area contributed by atoms with E-state index in [0.717, 1.165) is 23.5 Å². The smallest absolute Gasteiger partial charge is 0.416 e. The summed E-state index contributed by atoms with van der Waals surface area (Å²) < 4.78 is 44.0. The van der Waals surface area contributed by atoms with E-state index in [4.69, 9.17) is 4.74 Å². The van der Waals surface area contributed by atoms with Gasteiger partial charge in [0.1, 0.15) is 11.9 Å². The molecule has 3 unspecified atom stereocenters. The number of anilines is 1. The summed E-state index contributed by atoms with van der Waals surface area (Å²) in [5.74, 6) is -1.70. The number of hydrogen-bond donors (Lipinski definition) is 0. The van der Waals surface area contributed by atoms with Gasteiger partial charge in [0.15, 0.2) is 0 Å². The van der Waals surface area contributed by atoms with E-state index in [1.165, 1.54) is 14.0 Å². The van der Waals surface area contributed by atoms with E-state index in [1.807, 2.05) is 0 Å². The van der Waals surface area contributed by atoms with Crippen LogP contribution < -0.4 is 4.90 Å². The molecule has 0 spiro atoms. The van der Waals surface area contributed by atoms with E-state index in [1.54, 1.807) is 0 Å². The fourth-order valence-electron chi connectivity index (χ4n) is 3.77. The summed E-state index contributed by atoms with van der Waals surface area (Å²) in [7, 11) is 1.21. The molecule has 3 rings (SSSR count). The zero-order valence-electron chi connectivity index (χ0n) is 13.3. The Morgan fingerprint density at radius 2 is 2.04 bits per heavy atom. The maximum Gasteiger partial charge on any atom is 0.416 e. The van der Waals surface area contributed by atoms with Crippen LogP contribution >= 0.6 is 0 Å². The maximum atomic E-state index is 13.1. The third kappa shape index (κ3) is 2.63. The molecule has 0 N–H and O–H groups in total. The third-order valence-corrected chi connectivity index (χ3v) is 4.76. The molecule has 5 nitrogen and oxygen atoms in total. The van der Waals surface area contributed by atoms with Crippen molar-refractivity contribution in [1.29, 1.82) is 0 Å². The molecule has 1 saturated heterocycles. The van der Waals surface area contributed by atoms with Gasteiger partial charge in [0.25, 0.3) is 0 Å². The predicted octanol–water partition coefficient (Wildman–Crippen LogP) is 2.71. The quantitative estimate of drug-likeness (QED) is 0.776. The molecular formula is C16H17F3N2O3. The van der Waals surface area contributed by atoms with Crippen molar-refractivity contribution in [3.05, 3.63) is 23.4 Å². The topological polar surface area (TPSA) is 59.5 Å². The lowest BCUT2D eigenvalue weighted by molar-refractivity contribution is -0.143. The Labute approximate surface area is 136 Å². The minimum absolute atomic E-state index is 0.133. The molecule has 0 aromatic carbocycles. The minimum atomic E-state index is -4.55. The molecule has 1 amide bonds. The summed E-state index contributed by atoms with van der Waals surface area (Å²) in [4.78, 5) is 30.0. The largest absolute Gasteiger partial charge is 0.467 e. The maximum absolute atomic E-state index is 13.1. The Balaban J connectivity index is 2.08. The zero-order chi connectivity index (χ0) is 17.6. The highest BCUT2D eigenvalue weighted by Crippen LogP contribution is 2.45. The zero-order valence-corrected chi connectivity index (χ0v) is 13.3. The number of aromatic nitrogens is 1. The molecule has 0 bridgehead atoms. The number of halogens is 3. The Kier molecular flexibility index (Phi) is 4.01. The van der Waals surface area contributed by atoms with Gasteiger partial charge in [-0.25, -0.2) is 9.78 Å².